The minimum absolute atomic E-state index is 0.158. The quantitative estimate of drug-likeness (QED) is 0.361. The average molecular weight is 365 g/mol. The topological polar surface area (TPSA) is 69.2 Å². The minimum atomic E-state index is -0.852. The van der Waals surface area contributed by atoms with Crippen LogP contribution in [0.4, 0.5) is 0 Å². The second-order valence-corrected chi connectivity index (χ2v) is 5.08. The molecular formula is C16H17BrN2O3. The van der Waals surface area contributed by atoms with E-state index in [1.54, 1.807) is 32.2 Å². The fourth-order valence-electron chi connectivity index (χ4n) is 1.48. The van der Waals surface area contributed by atoms with Gasteiger partial charge in [-0.15, -0.1) is 0 Å². The molecule has 0 aliphatic carbocycles. The van der Waals surface area contributed by atoms with Crippen LogP contribution in [0.15, 0.2) is 41.3 Å². The zero-order valence-electron chi connectivity index (χ0n) is 12.7. The molecule has 0 spiro atoms. The first kappa shape index (κ1) is 18.0. The van der Waals surface area contributed by atoms with Crippen molar-refractivity contribution in [2.45, 2.75) is 20.8 Å². The molecule has 6 heteroatoms. The molecule has 2 rings (SSSR count). The van der Waals surface area contributed by atoms with Crippen molar-refractivity contribution >= 4 is 27.7 Å². The van der Waals surface area contributed by atoms with Gasteiger partial charge in [-0.3, -0.25) is 9.78 Å². The molecule has 0 aromatic carbocycles. The lowest BCUT2D eigenvalue weighted by atomic mass is 10.1. The molecule has 0 unspecified atom stereocenters. The van der Waals surface area contributed by atoms with Crippen molar-refractivity contribution in [3.63, 3.8) is 0 Å². The smallest absolute Gasteiger partial charge is 0.381 e. The van der Waals surface area contributed by atoms with Crippen molar-refractivity contribution in [2.24, 2.45) is 0 Å². The third-order valence-electron chi connectivity index (χ3n) is 2.63. The van der Waals surface area contributed by atoms with E-state index in [9.17, 15) is 9.59 Å². The van der Waals surface area contributed by atoms with E-state index in [-0.39, 0.29) is 12.3 Å². The van der Waals surface area contributed by atoms with Gasteiger partial charge in [0.2, 0.25) is 0 Å². The third kappa shape index (κ3) is 5.37. The molecule has 22 heavy (non-hydrogen) atoms. The summed E-state index contributed by atoms with van der Waals surface area (Å²) in [6, 6.07) is 7.36. The van der Waals surface area contributed by atoms with Crippen LogP contribution in [0.1, 0.15) is 28.5 Å². The third-order valence-corrected chi connectivity index (χ3v) is 3.46. The Labute approximate surface area is 137 Å². The summed E-state index contributed by atoms with van der Waals surface area (Å²) in [6.07, 6.45) is 3.23. The number of halogens is 1. The van der Waals surface area contributed by atoms with Crippen LogP contribution in [0, 0.1) is 13.8 Å². The van der Waals surface area contributed by atoms with Crippen molar-refractivity contribution in [3.8, 4) is 0 Å². The molecule has 2 aromatic heterocycles. The molecule has 0 aliphatic heterocycles. The molecule has 0 radical (unpaired) electrons. The monoisotopic (exact) mass is 364 g/mol. The molecule has 0 atom stereocenters. The Morgan fingerprint density at radius 1 is 1.09 bits per heavy atom. The number of carbonyl (C=O) groups is 2. The van der Waals surface area contributed by atoms with Crippen molar-refractivity contribution in [2.75, 3.05) is 6.61 Å². The molecule has 2 heterocycles. The Balaban J connectivity index is 0.000000255. The highest BCUT2D eigenvalue weighted by Gasteiger charge is 2.20. The Morgan fingerprint density at radius 3 is 2.14 bits per heavy atom. The first-order valence-corrected chi connectivity index (χ1v) is 7.46. The number of pyridine rings is 2. The predicted octanol–water partition coefficient (Wildman–Crippen LogP) is 3.29. The summed E-state index contributed by atoms with van der Waals surface area (Å²) < 4.78 is 5.52. The SMILES string of the molecule is CCOC(=O)C(=O)c1ncccc1C.Cc1cccnc1Br. The number of hydrogen-bond donors (Lipinski definition) is 0. The Bertz CT molecular complexity index is 638. The van der Waals surface area contributed by atoms with E-state index >= 15 is 0 Å². The van der Waals surface area contributed by atoms with Crippen LogP contribution in [-0.4, -0.2) is 28.3 Å². The molecule has 0 fully saturated rings. The second kappa shape index (κ2) is 9.04. The van der Waals surface area contributed by atoms with Crippen LogP contribution in [0.5, 0.6) is 0 Å². The van der Waals surface area contributed by atoms with E-state index in [2.05, 4.69) is 30.6 Å². The van der Waals surface area contributed by atoms with Gasteiger partial charge in [0.05, 0.1) is 6.61 Å². The largest absolute Gasteiger partial charge is 0.460 e. The van der Waals surface area contributed by atoms with Crippen LogP contribution in [-0.2, 0) is 9.53 Å². The van der Waals surface area contributed by atoms with E-state index in [4.69, 9.17) is 0 Å². The summed E-state index contributed by atoms with van der Waals surface area (Å²) in [5.74, 6) is -1.54. The molecule has 0 saturated heterocycles. The van der Waals surface area contributed by atoms with Gasteiger partial charge in [0.15, 0.2) is 0 Å². The molecule has 0 amide bonds. The van der Waals surface area contributed by atoms with Gasteiger partial charge >= 0.3 is 5.97 Å². The predicted molar refractivity (Wildman–Crippen MR) is 86.6 cm³/mol. The van der Waals surface area contributed by atoms with Gasteiger partial charge < -0.3 is 4.74 Å². The van der Waals surface area contributed by atoms with Gasteiger partial charge in [-0.25, -0.2) is 9.78 Å². The summed E-state index contributed by atoms with van der Waals surface area (Å²) in [5, 5.41) is 0. The van der Waals surface area contributed by atoms with Crippen molar-refractivity contribution in [1.29, 1.82) is 0 Å². The van der Waals surface area contributed by atoms with Crippen LogP contribution in [0.3, 0.4) is 0 Å². The van der Waals surface area contributed by atoms with Crippen molar-refractivity contribution < 1.29 is 14.3 Å². The highest BCUT2D eigenvalue weighted by atomic mass is 79.9. The molecule has 2 aromatic rings. The van der Waals surface area contributed by atoms with Crippen LogP contribution >= 0.6 is 15.9 Å². The first-order chi connectivity index (χ1) is 10.5. The van der Waals surface area contributed by atoms with Gasteiger partial charge in [-0.05, 0) is 60.0 Å². The van der Waals surface area contributed by atoms with Crippen LogP contribution < -0.4 is 0 Å². The lowest BCUT2D eigenvalue weighted by Crippen LogP contribution is -2.19. The van der Waals surface area contributed by atoms with Gasteiger partial charge in [0, 0.05) is 12.4 Å². The van der Waals surface area contributed by atoms with E-state index in [1.165, 1.54) is 11.8 Å². The Kier molecular flexibility index (Phi) is 7.39. The summed E-state index contributed by atoms with van der Waals surface area (Å²) in [4.78, 5) is 30.3. The van der Waals surface area contributed by atoms with Crippen LogP contribution in [0.2, 0.25) is 0 Å². The minimum Gasteiger partial charge on any atom is -0.460 e. The van der Waals surface area contributed by atoms with E-state index in [0.717, 1.165) is 4.60 Å². The van der Waals surface area contributed by atoms with Gasteiger partial charge in [0.25, 0.3) is 5.78 Å². The number of hydrogen-bond acceptors (Lipinski definition) is 5. The van der Waals surface area contributed by atoms with Crippen molar-refractivity contribution in [3.05, 3.63) is 58.1 Å². The summed E-state index contributed by atoms with van der Waals surface area (Å²) >= 11 is 3.28. The van der Waals surface area contributed by atoms with E-state index in [0.29, 0.717) is 5.56 Å². The molecule has 0 bridgehead atoms. The van der Waals surface area contributed by atoms with Gasteiger partial charge in [-0.2, -0.15) is 0 Å². The number of esters is 1. The molecular weight excluding hydrogens is 348 g/mol. The number of nitrogens with zero attached hydrogens (tertiary/aromatic N) is 2. The molecule has 5 nitrogen and oxygen atoms in total. The Hall–Kier alpha value is -2.08. The molecule has 0 saturated carbocycles. The van der Waals surface area contributed by atoms with E-state index in [1.807, 2.05) is 19.1 Å². The zero-order chi connectivity index (χ0) is 16.5. The molecule has 116 valence electrons. The first-order valence-electron chi connectivity index (χ1n) is 6.67. The fourth-order valence-corrected chi connectivity index (χ4v) is 1.73. The zero-order valence-corrected chi connectivity index (χ0v) is 14.3. The molecule has 0 N–H and O–H groups in total. The maximum Gasteiger partial charge on any atom is 0.381 e. The standard InChI is InChI=1S/C10H11NO3.C6H6BrN/c1-3-14-10(13)9(12)8-7(2)5-4-6-11-8;1-5-3-2-4-8-6(5)7/h4-6H,3H2,1-2H3;2-4H,1H3. The maximum absolute atomic E-state index is 11.4. The number of ketones is 1. The van der Waals surface area contributed by atoms with Crippen molar-refractivity contribution in [1.82, 2.24) is 9.97 Å². The normalized spacial score (nSPS) is 9.45. The molecule has 0 aliphatic rings. The highest BCUT2D eigenvalue weighted by molar-refractivity contribution is 9.10. The van der Waals surface area contributed by atoms with Gasteiger partial charge in [-0.1, -0.05) is 12.1 Å². The number of ether oxygens (including phenoxy) is 1. The summed E-state index contributed by atoms with van der Waals surface area (Å²) in [7, 11) is 0. The highest BCUT2D eigenvalue weighted by Crippen LogP contribution is 2.09. The second-order valence-electron chi connectivity index (χ2n) is 4.33. The summed E-state index contributed by atoms with van der Waals surface area (Å²) in [5.41, 5.74) is 2.00. The maximum atomic E-state index is 11.4. The lowest BCUT2D eigenvalue weighted by molar-refractivity contribution is -0.137. The lowest BCUT2D eigenvalue weighted by Gasteiger charge is -2.02. The summed E-state index contributed by atoms with van der Waals surface area (Å²) in [6.45, 7) is 5.57. The number of carbonyl (C=O) groups excluding carboxylic acids is 2. The number of aromatic nitrogens is 2. The average Bonchev–Trinajstić information content (AvgIpc) is 2.51. The Morgan fingerprint density at radius 2 is 1.68 bits per heavy atom. The number of aryl methyl sites for hydroxylation is 2. The van der Waals surface area contributed by atoms with E-state index < -0.39 is 11.8 Å². The van der Waals surface area contributed by atoms with Gasteiger partial charge in [0.1, 0.15) is 10.3 Å². The number of rotatable bonds is 3. The fraction of sp³-hybridized carbons (Fsp3) is 0.250. The number of Topliss-reactive ketones (excluding diaryl/α,β-unsaturated/α-hetero) is 1. The van der Waals surface area contributed by atoms with Crippen LogP contribution in [0.25, 0.3) is 0 Å².